The number of ketones is 1. The van der Waals surface area contributed by atoms with Crippen LogP contribution in [0.1, 0.15) is 22.7 Å². The van der Waals surface area contributed by atoms with E-state index < -0.39 is 23.5 Å². The molecule has 1 unspecified atom stereocenters. The lowest BCUT2D eigenvalue weighted by Gasteiger charge is -2.23. The Hall–Kier alpha value is -4.50. The van der Waals surface area contributed by atoms with Crippen LogP contribution in [0.25, 0.3) is 16.8 Å². The van der Waals surface area contributed by atoms with Gasteiger partial charge in [0.25, 0.3) is 5.78 Å². The number of halogens is 1. The van der Waals surface area contributed by atoms with Crippen LogP contribution in [0.3, 0.4) is 0 Å². The lowest BCUT2D eigenvalue weighted by atomic mass is 9.94. The van der Waals surface area contributed by atoms with Crippen molar-refractivity contribution >= 4 is 46.0 Å². The van der Waals surface area contributed by atoms with Crippen LogP contribution in [-0.4, -0.2) is 48.1 Å². The third kappa shape index (κ3) is 4.10. The summed E-state index contributed by atoms with van der Waals surface area (Å²) in [5.74, 6) is -0.653. The first-order valence-electron chi connectivity index (χ1n) is 11.6. The van der Waals surface area contributed by atoms with Crippen LogP contribution in [0, 0.1) is 6.92 Å². The molecular formula is C28H24ClN3O6. The molecule has 194 valence electrons. The molecule has 1 saturated heterocycles. The minimum atomic E-state index is -0.985. The van der Waals surface area contributed by atoms with Gasteiger partial charge in [-0.1, -0.05) is 41.4 Å². The molecule has 38 heavy (non-hydrogen) atoms. The number of methoxy groups -OCH3 is 3. The summed E-state index contributed by atoms with van der Waals surface area (Å²) in [4.78, 5) is 35.9. The number of hydrogen-bond donors (Lipinski definition) is 2. The summed E-state index contributed by atoms with van der Waals surface area (Å²) >= 11 is 6.39. The molecule has 1 aliphatic heterocycles. The number of hydrogen-bond acceptors (Lipinski definition) is 7. The van der Waals surface area contributed by atoms with Gasteiger partial charge in [-0.2, -0.15) is 0 Å². The van der Waals surface area contributed by atoms with Crippen molar-refractivity contribution in [3.05, 3.63) is 81.9 Å². The number of ether oxygens (including phenoxy) is 3. The van der Waals surface area contributed by atoms with Gasteiger partial charge in [0.15, 0.2) is 11.5 Å². The number of amides is 1. The zero-order valence-electron chi connectivity index (χ0n) is 21.0. The Morgan fingerprint density at radius 2 is 1.74 bits per heavy atom. The highest BCUT2D eigenvalue weighted by Gasteiger charge is 2.48. The number of Topliss-reactive ketones (excluding diaryl/α,β-unsaturated/α-hetero) is 1. The Morgan fingerprint density at radius 3 is 2.42 bits per heavy atom. The number of aliphatic hydroxyl groups is 1. The van der Waals surface area contributed by atoms with Crippen molar-refractivity contribution in [1.82, 2.24) is 9.97 Å². The lowest BCUT2D eigenvalue weighted by Crippen LogP contribution is -2.30. The highest BCUT2D eigenvalue weighted by Crippen LogP contribution is 2.43. The van der Waals surface area contributed by atoms with Gasteiger partial charge in [0.1, 0.15) is 11.5 Å². The van der Waals surface area contributed by atoms with E-state index in [2.05, 4.69) is 9.97 Å². The molecule has 0 bridgehead atoms. The predicted octanol–water partition coefficient (Wildman–Crippen LogP) is 5.18. The Balaban J connectivity index is 1.75. The first kappa shape index (κ1) is 25.2. The minimum absolute atomic E-state index is 0.119. The average molecular weight is 534 g/mol. The number of anilines is 1. The van der Waals surface area contributed by atoms with Gasteiger partial charge in [-0.3, -0.25) is 14.5 Å². The van der Waals surface area contributed by atoms with Crippen molar-refractivity contribution in [3.8, 4) is 17.2 Å². The van der Waals surface area contributed by atoms with Gasteiger partial charge in [0.2, 0.25) is 5.95 Å². The van der Waals surface area contributed by atoms with E-state index in [-0.39, 0.29) is 22.1 Å². The second-order valence-corrected chi connectivity index (χ2v) is 9.12. The number of fused-ring (bicyclic) bond motifs is 1. The number of carbonyl (C=O) groups is 2. The summed E-state index contributed by atoms with van der Waals surface area (Å²) in [6.45, 7) is 1.90. The molecule has 1 aliphatic rings. The smallest absolute Gasteiger partial charge is 0.302 e. The van der Waals surface area contributed by atoms with E-state index in [0.29, 0.717) is 33.8 Å². The van der Waals surface area contributed by atoms with Crippen molar-refractivity contribution in [2.75, 3.05) is 26.2 Å². The molecule has 0 spiro atoms. The van der Waals surface area contributed by atoms with Crippen LogP contribution in [0.4, 0.5) is 5.95 Å². The molecule has 1 amide bonds. The lowest BCUT2D eigenvalue weighted by molar-refractivity contribution is -0.132. The van der Waals surface area contributed by atoms with E-state index in [4.69, 9.17) is 25.8 Å². The number of imidazole rings is 1. The van der Waals surface area contributed by atoms with E-state index in [1.54, 1.807) is 30.3 Å². The number of nitrogens with zero attached hydrogens (tertiary/aromatic N) is 2. The van der Waals surface area contributed by atoms with Crippen LogP contribution >= 0.6 is 11.6 Å². The maximum atomic E-state index is 13.5. The summed E-state index contributed by atoms with van der Waals surface area (Å²) < 4.78 is 16.0. The average Bonchev–Trinajstić information content (AvgIpc) is 3.44. The third-order valence-electron chi connectivity index (χ3n) is 6.43. The number of benzene rings is 3. The van der Waals surface area contributed by atoms with Gasteiger partial charge < -0.3 is 24.3 Å². The number of aromatic amines is 1. The number of aromatic nitrogens is 2. The van der Waals surface area contributed by atoms with E-state index in [0.717, 1.165) is 5.56 Å². The Bertz CT molecular complexity index is 1590. The van der Waals surface area contributed by atoms with Crippen molar-refractivity contribution in [3.63, 3.8) is 0 Å². The van der Waals surface area contributed by atoms with Gasteiger partial charge >= 0.3 is 5.91 Å². The van der Waals surface area contributed by atoms with Crippen molar-refractivity contribution in [1.29, 1.82) is 0 Å². The first-order valence-corrected chi connectivity index (χ1v) is 12.0. The SMILES string of the molecule is COc1ccc(Cl)c(/C(O)=C2\C(=O)C(=O)N(c3nc4cc(OC)c(OC)cc4[nH]3)C2c2cccc(C)c2)c1. The number of nitrogens with one attached hydrogen (secondary N) is 1. The maximum Gasteiger partial charge on any atom is 0.302 e. The fourth-order valence-electron chi connectivity index (χ4n) is 4.60. The quantitative estimate of drug-likeness (QED) is 0.199. The number of H-pyrrole nitrogens is 1. The molecular weight excluding hydrogens is 510 g/mol. The molecule has 0 radical (unpaired) electrons. The first-order chi connectivity index (χ1) is 18.3. The molecule has 3 aromatic carbocycles. The fourth-order valence-corrected chi connectivity index (χ4v) is 4.81. The van der Waals surface area contributed by atoms with E-state index in [9.17, 15) is 14.7 Å². The summed E-state index contributed by atoms with van der Waals surface area (Å²) in [7, 11) is 4.50. The fraction of sp³-hybridized carbons (Fsp3) is 0.179. The predicted molar refractivity (Wildman–Crippen MR) is 143 cm³/mol. The number of rotatable bonds is 6. The molecule has 10 heteroatoms. The van der Waals surface area contributed by atoms with Gasteiger partial charge in [0, 0.05) is 17.7 Å². The molecule has 0 saturated carbocycles. The van der Waals surface area contributed by atoms with E-state index >= 15 is 0 Å². The van der Waals surface area contributed by atoms with Gasteiger partial charge in [-0.05, 0) is 30.7 Å². The molecule has 4 aromatic rings. The highest BCUT2D eigenvalue weighted by molar-refractivity contribution is 6.51. The summed E-state index contributed by atoms with van der Waals surface area (Å²) in [5.41, 5.74) is 2.64. The molecule has 1 atom stereocenters. The van der Waals surface area contributed by atoms with Gasteiger partial charge in [-0.15, -0.1) is 0 Å². The molecule has 2 heterocycles. The zero-order valence-corrected chi connectivity index (χ0v) is 21.8. The van der Waals surface area contributed by atoms with Crippen molar-refractivity contribution < 1.29 is 28.9 Å². The number of aryl methyl sites for hydroxylation is 1. The highest BCUT2D eigenvalue weighted by atomic mass is 35.5. The van der Waals surface area contributed by atoms with Crippen molar-refractivity contribution in [2.45, 2.75) is 13.0 Å². The zero-order chi connectivity index (χ0) is 27.1. The molecule has 1 fully saturated rings. The largest absolute Gasteiger partial charge is 0.507 e. The van der Waals surface area contributed by atoms with Crippen LogP contribution < -0.4 is 19.1 Å². The summed E-state index contributed by atoms with van der Waals surface area (Å²) in [5, 5.41) is 11.6. The van der Waals surface area contributed by atoms with Crippen molar-refractivity contribution in [2.24, 2.45) is 0 Å². The molecule has 2 N–H and O–H groups in total. The maximum absolute atomic E-state index is 13.5. The van der Waals surface area contributed by atoms with Gasteiger partial charge in [-0.25, -0.2) is 4.98 Å². The van der Waals surface area contributed by atoms with E-state index in [1.165, 1.54) is 32.3 Å². The molecule has 5 rings (SSSR count). The topological polar surface area (TPSA) is 114 Å². The Kier molecular flexibility index (Phi) is 6.46. The number of carbonyl (C=O) groups excluding carboxylic acids is 2. The van der Waals surface area contributed by atoms with Crippen LogP contribution in [0.5, 0.6) is 17.2 Å². The molecule has 0 aliphatic carbocycles. The van der Waals surface area contributed by atoms with Gasteiger partial charge in [0.05, 0.1) is 49.0 Å². The summed E-state index contributed by atoms with van der Waals surface area (Å²) in [6.07, 6.45) is 0. The van der Waals surface area contributed by atoms with E-state index in [1.807, 2.05) is 25.1 Å². The Labute approximate surface area is 223 Å². The molecule has 1 aromatic heterocycles. The Morgan fingerprint density at radius 1 is 1.00 bits per heavy atom. The summed E-state index contributed by atoms with van der Waals surface area (Å²) in [6, 6.07) is 14.4. The number of aliphatic hydroxyl groups excluding tert-OH is 1. The second kappa shape index (κ2) is 9.75. The standard InChI is InChI=1S/C28H24ClN3O6/c1-14-6-5-7-15(10-14)24-23(25(33)17-11-16(36-2)8-9-18(17)29)26(34)27(35)32(24)28-30-19-12-21(37-3)22(38-4)13-20(19)31-28/h5-13,24,33H,1-4H3,(H,30,31)/b25-23+. The second-order valence-electron chi connectivity index (χ2n) is 8.71. The molecule has 9 nitrogen and oxygen atoms in total. The minimum Gasteiger partial charge on any atom is -0.507 e. The van der Waals surface area contributed by atoms with Crippen LogP contribution in [-0.2, 0) is 9.59 Å². The monoisotopic (exact) mass is 533 g/mol. The normalized spacial score (nSPS) is 16.8. The third-order valence-corrected chi connectivity index (χ3v) is 6.76. The van der Waals surface area contributed by atoms with Crippen LogP contribution in [0.2, 0.25) is 5.02 Å². The van der Waals surface area contributed by atoms with Crippen LogP contribution in [0.15, 0.2) is 60.2 Å².